The number of nitrogens with one attached hydrogen (secondary N) is 1. The zero-order valence-electron chi connectivity index (χ0n) is 11.0. The van der Waals surface area contributed by atoms with E-state index in [1.165, 1.54) is 30.8 Å². The van der Waals surface area contributed by atoms with Gasteiger partial charge in [0.05, 0.1) is 0 Å². The highest BCUT2D eigenvalue weighted by molar-refractivity contribution is 7.09. The molecule has 0 spiro atoms. The number of rotatable bonds is 8. The molecule has 1 aromatic rings. The molecular weight excluding hydrogens is 228 g/mol. The van der Waals surface area contributed by atoms with Crippen molar-refractivity contribution >= 4 is 11.3 Å². The minimum atomic E-state index is 0.785. The van der Waals surface area contributed by atoms with Gasteiger partial charge in [0.2, 0.25) is 0 Å². The van der Waals surface area contributed by atoms with Gasteiger partial charge in [-0.25, -0.2) is 0 Å². The lowest BCUT2D eigenvalue weighted by Crippen LogP contribution is -2.36. The molecule has 0 aliphatic heterocycles. The predicted octanol–water partition coefficient (Wildman–Crippen LogP) is 2.96. The molecule has 2 rings (SSSR count). The highest BCUT2D eigenvalue weighted by atomic mass is 32.1. The lowest BCUT2D eigenvalue weighted by Gasteiger charge is -2.24. The normalized spacial score (nSPS) is 16.0. The summed E-state index contributed by atoms with van der Waals surface area (Å²) in [6.07, 6.45) is 2.83. The van der Waals surface area contributed by atoms with Crippen molar-refractivity contribution < 1.29 is 0 Å². The maximum atomic E-state index is 3.54. The molecule has 0 saturated heterocycles. The highest BCUT2D eigenvalue weighted by Crippen LogP contribution is 2.27. The third-order valence-electron chi connectivity index (χ3n) is 3.12. The number of thiophene rings is 1. The van der Waals surface area contributed by atoms with E-state index in [0.717, 1.165) is 25.0 Å². The summed E-state index contributed by atoms with van der Waals surface area (Å²) in [5.41, 5.74) is 0. The maximum absolute atomic E-state index is 3.54. The summed E-state index contributed by atoms with van der Waals surface area (Å²) in [6, 6.07) is 5.21. The Hall–Kier alpha value is -0.380. The Kier molecular flexibility index (Phi) is 5.01. The number of hydrogen-bond donors (Lipinski definition) is 1. The Morgan fingerprint density at radius 1 is 1.47 bits per heavy atom. The summed E-state index contributed by atoms with van der Waals surface area (Å²) < 4.78 is 0. The standard InChI is InChI=1S/C14H24N2S/c1-12(2)11-16(13-5-6-13)8-7-15-10-14-4-3-9-17-14/h3-4,9,12-13,15H,5-8,10-11H2,1-2H3. The molecule has 1 aliphatic carbocycles. The van der Waals surface area contributed by atoms with Crippen molar-refractivity contribution in [2.45, 2.75) is 39.3 Å². The van der Waals surface area contributed by atoms with Gasteiger partial charge in [-0.3, -0.25) is 4.90 Å². The van der Waals surface area contributed by atoms with Crippen LogP contribution in [0.2, 0.25) is 0 Å². The van der Waals surface area contributed by atoms with Crippen LogP contribution < -0.4 is 5.32 Å². The fourth-order valence-electron chi connectivity index (χ4n) is 2.18. The number of hydrogen-bond acceptors (Lipinski definition) is 3. The summed E-state index contributed by atoms with van der Waals surface area (Å²) in [5.74, 6) is 0.785. The summed E-state index contributed by atoms with van der Waals surface area (Å²) in [4.78, 5) is 4.10. The molecule has 1 N–H and O–H groups in total. The van der Waals surface area contributed by atoms with Gasteiger partial charge in [0.1, 0.15) is 0 Å². The molecule has 1 fully saturated rings. The smallest absolute Gasteiger partial charge is 0.0300 e. The third-order valence-corrected chi connectivity index (χ3v) is 3.99. The molecule has 2 nitrogen and oxygen atoms in total. The lowest BCUT2D eigenvalue weighted by atomic mass is 10.2. The second-order valence-electron chi connectivity index (χ2n) is 5.38. The Bertz CT molecular complexity index is 304. The van der Waals surface area contributed by atoms with E-state index in [1.807, 2.05) is 11.3 Å². The van der Waals surface area contributed by atoms with Crippen LogP contribution in [0.5, 0.6) is 0 Å². The van der Waals surface area contributed by atoms with Crippen molar-refractivity contribution in [2.75, 3.05) is 19.6 Å². The van der Waals surface area contributed by atoms with Gasteiger partial charge in [-0.15, -0.1) is 11.3 Å². The lowest BCUT2D eigenvalue weighted by molar-refractivity contribution is 0.234. The van der Waals surface area contributed by atoms with Crippen LogP contribution >= 0.6 is 11.3 Å². The van der Waals surface area contributed by atoms with Crippen molar-refractivity contribution in [1.82, 2.24) is 10.2 Å². The van der Waals surface area contributed by atoms with E-state index in [-0.39, 0.29) is 0 Å². The summed E-state index contributed by atoms with van der Waals surface area (Å²) in [6.45, 7) is 9.22. The Balaban J connectivity index is 1.62. The minimum absolute atomic E-state index is 0.785. The Morgan fingerprint density at radius 2 is 2.29 bits per heavy atom. The molecule has 0 bridgehead atoms. The number of nitrogens with zero attached hydrogens (tertiary/aromatic N) is 1. The molecule has 0 radical (unpaired) electrons. The molecule has 96 valence electrons. The molecule has 0 aromatic carbocycles. The van der Waals surface area contributed by atoms with Gasteiger partial charge in [0.25, 0.3) is 0 Å². The second-order valence-corrected chi connectivity index (χ2v) is 6.41. The van der Waals surface area contributed by atoms with E-state index >= 15 is 0 Å². The van der Waals surface area contributed by atoms with Crippen LogP contribution in [0.15, 0.2) is 17.5 Å². The molecule has 3 heteroatoms. The zero-order valence-corrected chi connectivity index (χ0v) is 11.8. The van der Waals surface area contributed by atoms with Crippen LogP contribution in [-0.4, -0.2) is 30.6 Å². The monoisotopic (exact) mass is 252 g/mol. The van der Waals surface area contributed by atoms with Gasteiger partial charge in [0, 0.05) is 37.1 Å². The molecule has 0 unspecified atom stereocenters. The van der Waals surface area contributed by atoms with Gasteiger partial charge in [0.15, 0.2) is 0 Å². The maximum Gasteiger partial charge on any atom is 0.0300 e. The van der Waals surface area contributed by atoms with Crippen molar-refractivity contribution in [3.05, 3.63) is 22.4 Å². The fraction of sp³-hybridized carbons (Fsp3) is 0.714. The zero-order chi connectivity index (χ0) is 12.1. The topological polar surface area (TPSA) is 15.3 Å². The largest absolute Gasteiger partial charge is 0.311 e. The van der Waals surface area contributed by atoms with Crippen molar-refractivity contribution in [3.63, 3.8) is 0 Å². The van der Waals surface area contributed by atoms with Crippen molar-refractivity contribution in [1.29, 1.82) is 0 Å². The summed E-state index contributed by atoms with van der Waals surface area (Å²) >= 11 is 1.83. The van der Waals surface area contributed by atoms with Gasteiger partial charge in [-0.2, -0.15) is 0 Å². The van der Waals surface area contributed by atoms with Crippen LogP contribution in [0.4, 0.5) is 0 Å². The van der Waals surface area contributed by atoms with Gasteiger partial charge >= 0.3 is 0 Å². The van der Waals surface area contributed by atoms with Crippen LogP contribution in [-0.2, 0) is 6.54 Å². The summed E-state index contributed by atoms with van der Waals surface area (Å²) in [5, 5.41) is 5.69. The molecule has 1 aromatic heterocycles. The van der Waals surface area contributed by atoms with E-state index in [2.05, 4.69) is 41.6 Å². The predicted molar refractivity (Wildman–Crippen MR) is 75.5 cm³/mol. The van der Waals surface area contributed by atoms with Crippen LogP contribution in [0, 0.1) is 5.92 Å². The van der Waals surface area contributed by atoms with E-state index in [0.29, 0.717) is 0 Å². The molecule has 0 amide bonds. The third kappa shape index (κ3) is 4.78. The summed E-state index contributed by atoms with van der Waals surface area (Å²) in [7, 11) is 0. The Morgan fingerprint density at radius 3 is 2.88 bits per heavy atom. The first-order valence-corrected chi connectivity index (χ1v) is 7.61. The molecular formula is C14H24N2S. The van der Waals surface area contributed by atoms with E-state index in [9.17, 15) is 0 Å². The van der Waals surface area contributed by atoms with E-state index in [4.69, 9.17) is 0 Å². The first kappa shape index (κ1) is 13.1. The van der Waals surface area contributed by atoms with Crippen LogP contribution in [0.25, 0.3) is 0 Å². The minimum Gasteiger partial charge on any atom is -0.311 e. The molecule has 1 saturated carbocycles. The van der Waals surface area contributed by atoms with Gasteiger partial charge in [-0.05, 0) is 30.2 Å². The molecule has 1 heterocycles. The average molecular weight is 252 g/mol. The molecule has 17 heavy (non-hydrogen) atoms. The van der Waals surface area contributed by atoms with E-state index in [1.54, 1.807) is 0 Å². The first-order valence-electron chi connectivity index (χ1n) is 6.73. The van der Waals surface area contributed by atoms with Gasteiger partial charge < -0.3 is 5.32 Å². The fourth-order valence-corrected chi connectivity index (χ4v) is 2.85. The molecule has 1 aliphatic rings. The van der Waals surface area contributed by atoms with E-state index < -0.39 is 0 Å². The molecule has 0 atom stereocenters. The van der Waals surface area contributed by atoms with Crippen LogP contribution in [0.1, 0.15) is 31.6 Å². The SMILES string of the molecule is CC(C)CN(CCNCc1cccs1)C1CC1. The van der Waals surface area contributed by atoms with Crippen molar-refractivity contribution in [3.8, 4) is 0 Å². The quantitative estimate of drug-likeness (QED) is 0.716. The Labute approximate surface area is 109 Å². The first-order chi connectivity index (χ1) is 8.25. The van der Waals surface area contributed by atoms with Crippen molar-refractivity contribution in [2.24, 2.45) is 5.92 Å². The van der Waals surface area contributed by atoms with Gasteiger partial charge in [-0.1, -0.05) is 19.9 Å². The highest BCUT2D eigenvalue weighted by Gasteiger charge is 2.28. The average Bonchev–Trinajstić information content (AvgIpc) is 3.00. The van der Waals surface area contributed by atoms with Crippen LogP contribution in [0.3, 0.4) is 0 Å². The second kappa shape index (κ2) is 6.53.